The second-order valence-electron chi connectivity index (χ2n) is 6.59. The molecule has 29 heavy (non-hydrogen) atoms. The van der Waals surface area contributed by atoms with E-state index in [1.165, 1.54) is 0 Å². The van der Waals surface area contributed by atoms with Gasteiger partial charge >= 0.3 is 5.97 Å². The molecule has 1 amide bonds. The van der Waals surface area contributed by atoms with Gasteiger partial charge in [-0.25, -0.2) is 12.8 Å². The molecule has 1 N–H and O–H groups in total. The maximum absolute atomic E-state index is 13.0. The number of amides is 1. The first-order valence-electron chi connectivity index (χ1n) is 9.15. The number of nitrogens with zero attached hydrogens (tertiary/aromatic N) is 1. The second-order valence-corrected chi connectivity index (χ2v) is 8.36. The molecular formula is C20H21FN2O5S. The predicted molar refractivity (Wildman–Crippen MR) is 103 cm³/mol. The van der Waals surface area contributed by atoms with Crippen LogP contribution in [0.15, 0.2) is 59.5 Å². The van der Waals surface area contributed by atoms with E-state index in [4.69, 9.17) is 4.74 Å². The van der Waals surface area contributed by atoms with Crippen molar-refractivity contribution >= 4 is 21.9 Å². The van der Waals surface area contributed by atoms with Gasteiger partial charge in [0.25, 0.3) is 5.91 Å². The molecule has 154 valence electrons. The van der Waals surface area contributed by atoms with Crippen molar-refractivity contribution in [3.05, 3.63) is 66.0 Å². The lowest BCUT2D eigenvalue weighted by Gasteiger charge is -2.23. The molecule has 2 aromatic rings. The van der Waals surface area contributed by atoms with Crippen molar-refractivity contribution in [1.29, 1.82) is 0 Å². The van der Waals surface area contributed by atoms with E-state index in [2.05, 4.69) is 4.72 Å². The van der Waals surface area contributed by atoms with Gasteiger partial charge in [-0.15, -0.1) is 0 Å². The van der Waals surface area contributed by atoms with Crippen molar-refractivity contribution < 1.29 is 27.1 Å². The van der Waals surface area contributed by atoms with Crippen molar-refractivity contribution in [2.24, 2.45) is 0 Å². The van der Waals surface area contributed by atoms with Gasteiger partial charge in [0.05, 0.1) is 4.90 Å². The number of likely N-dealkylation sites (tertiary alicyclic amines) is 1. The molecule has 1 atom stereocenters. The smallest absolute Gasteiger partial charge is 0.322 e. The maximum atomic E-state index is 13.0. The molecule has 1 aliphatic rings. The lowest BCUT2D eigenvalue weighted by Crippen LogP contribution is -2.37. The number of hydrogen-bond acceptors (Lipinski definition) is 5. The van der Waals surface area contributed by atoms with Crippen LogP contribution in [-0.4, -0.2) is 44.8 Å². The van der Waals surface area contributed by atoms with Crippen molar-refractivity contribution in [2.75, 3.05) is 19.6 Å². The average Bonchev–Trinajstić information content (AvgIpc) is 3.26. The Labute approximate surface area is 168 Å². The van der Waals surface area contributed by atoms with Gasteiger partial charge in [-0.3, -0.25) is 9.59 Å². The molecule has 1 fully saturated rings. The fraction of sp³-hybridized carbons (Fsp3) is 0.300. The Morgan fingerprint density at radius 1 is 1.03 bits per heavy atom. The van der Waals surface area contributed by atoms with Crippen LogP contribution in [0.1, 0.15) is 24.5 Å². The number of rotatable bonds is 7. The normalized spacial score (nSPS) is 15.1. The highest BCUT2D eigenvalue weighted by atomic mass is 32.2. The number of esters is 1. The van der Waals surface area contributed by atoms with Gasteiger partial charge in [-0.1, -0.05) is 30.3 Å². The molecule has 1 saturated heterocycles. The van der Waals surface area contributed by atoms with E-state index in [1.54, 1.807) is 35.2 Å². The Hall–Kier alpha value is -2.78. The third-order valence-electron chi connectivity index (χ3n) is 4.52. The van der Waals surface area contributed by atoms with E-state index in [-0.39, 0.29) is 10.8 Å². The van der Waals surface area contributed by atoms with Crippen LogP contribution in [0.3, 0.4) is 0 Å². The van der Waals surface area contributed by atoms with Crippen molar-refractivity contribution in [3.63, 3.8) is 0 Å². The summed E-state index contributed by atoms with van der Waals surface area (Å²) in [5.41, 5.74) is 0.513. The minimum Gasteiger partial charge on any atom is -0.446 e. The molecular weight excluding hydrogens is 399 g/mol. The van der Waals surface area contributed by atoms with Crippen LogP contribution >= 0.6 is 0 Å². The Morgan fingerprint density at radius 3 is 2.28 bits per heavy atom. The minimum absolute atomic E-state index is 0.181. The maximum Gasteiger partial charge on any atom is 0.322 e. The van der Waals surface area contributed by atoms with Crippen LogP contribution in [-0.2, 0) is 24.3 Å². The van der Waals surface area contributed by atoms with Gasteiger partial charge in [0.2, 0.25) is 16.1 Å². The number of sulfonamides is 1. The van der Waals surface area contributed by atoms with Crippen molar-refractivity contribution in [3.8, 4) is 0 Å². The first-order valence-corrected chi connectivity index (χ1v) is 10.6. The third kappa shape index (κ3) is 5.39. The first kappa shape index (κ1) is 20.9. The molecule has 0 radical (unpaired) electrons. The minimum atomic E-state index is -4.02. The molecule has 0 aromatic heterocycles. The van der Waals surface area contributed by atoms with Gasteiger partial charge in [0, 0.05) is 18.7 Å². The number of ether oxygens (including phenoxy) is 1. The van der Waals surface area contributed by atoms with Crippen LogP contribution in [0.5, 0.6) is 0 Å². The number of carbonyl (C=O) groups is 2. The molecule has 1 aliphatic heterocycles. The van der Waals surface area contributed by atoms with Crippen LogP contribution < -0.4 is 4.72 Å². The highest BCUT2D eigenvalue weighted by Crippen LogP contribution is 2.23. The molecule has 1 heterocycles. The molecule has 9 heteroatoms. The lowest BCUT2D eigenvalue weighted by molar-refractivity contribution is -0.159. The standard InChI is InChI=1S/C20H21FN2O5S/c21-16-8-10-17(11-9-16)29(26,27)22-14-18(24)28-19(15-6-2-1-3-7-15)20(25)23-12-4-5-13-23/h1-3,6-11,19,22H,4-5,12-14H2/t19-/m0/s1. The second kappa shape index (κ2) is 9.15. The van der Waals surface area contributed by atoms with Gasteiger partial charge in [-0.05, 0) is 37.1 Å². The summed E-state index contributed by atoms with van der Waals surface area (Å²) in [4.78, 5) is 26.6. The molecule has 0 bridgehead atoms. The summed E-state index contributed by atoms with van der Waals surface area (Å²) in [5.74, 6) is -1.80. The van der Waals surface area contributed by atoms with E-state index >= 15 is 0 Å². The van der Waals surface area contributed by atoms with Gasteiger partial charge in [0.15, 0.2) is 0 Å². The summed E-state index contributed by atoms with van der Waals surface area (Å²) in [6.07, 6.45) is 0.634. The number of halogens is 1. The molecule has 0 aliphatic carbocycles. The van der Waals surface area contributed by atoms with Crippen LogP contribution in [0.4, 0.5) is 4.39 Å². The van der Waals surface area contributed by atoms with Gasteiger partial charge < -0.3 is 9.64 Å². The molecule has 3 rings (SSSR count). The largest absolute Gasteiger partial charge is 0.446 e. The number of carbonyl (C=O) groups excluding carboxylic acids is 2. The van der Waals surface area contributed by atoms with Crippen molar-refractivity contribution in [2.45, 2.75) is 23.8 Å². The third-order valence-corrected chi connectivity index (χ3v) is 5.94. The van der Waals surface area contributed by atoms with Crippen LogP contribution in [0.25, 0.3) is 0 Å². The van der Waals surface area contributed by atoms with Crippen LogP contribution in [0, 0.1) is 5.82 Å². The molecule has 0 saturated carbocycles. The van der Waals surface area contributed by atoms with E-state index in [9.17, 15) is 22.4 Å². The highest BCUT2D eigenvalue weighted by molar-refractivity contribution is 7.89. The highest BCUT2D eigenvalue weighted by Gasteiger charge is 2.31. The topological polar surface area (TPSA) is 92.8 Å². The summed E-state index contributed by atoms with van der Waals surface area (Å²) in [5, 5.41) is 0. The van der Waals surface area contributed by atoms with E-state index < -0.39 is 34.5 Å². The molecule has 7 nitrogen and oxygen atoms in total. The van der Waals surface area contributed by atoms with Gasteiger partial charge in [-0.2, -0.15) is 4.72 Å². The predicted octanol–water partition coefficient (Wildman–Crippen LogP) is 2.01. The number of nitrogens with one attached hydrogen (secondary N) is 1. The van der Waals surface area contributed by atoms with E-state index in [0.29, 0.717) is 18.7 Å². The average molecular weight is 420 g/mol. The zero-order valence-electron chi connectivity index (χ0n) is 15.6. The Bertz CT molecular complexity index is 958. The summed E-state index contributed by atoms with van der Waals surface area (Å²) < 4.78 is 44.9. The lowest BCUT2D eigenvalue weighted by atomic mass is 10.1. The summed E-state index contributed by atoms with van der Waals surface area (Å²) in [7, 11) is -4.02. The van der Waals surface area contributed by atoms with Crippen molar-refractivity contribution in [1.82, 2.24) is 9.62 Å². The van der Waals surface area contributed by atoms with Crippen LogP contribution in [0.2, 0.25) is 0 Å². The zero-order chi connectivity index (χ0) is 20.9. The summed E-state index contributed by atoms with van der Waals surface area (Å²) in [6, 6.07) is 12.8. The summed E-state index contributed by atoms with van der Waals surface area (Å²) in [6.45, 7) is 0.532. The van der Waals surface area contributed by atoms with E-state index in [0.717, 1.165) is 37.1 Å². The number of benzene rings is 2. The zero-order valence-corrected chi connectivity index (χ0v) is 16.4. The number of hydrogen-bond donors (Lipinski definition) is 1. The Kier molecular flexibility index (Phi) is 6.60. The van der Waals surface area contributed by atoms with E-state index in [1.807, 2.05) is 0 Å². The Morgan fingerprint density at radius 2 is 1.66 bits per heavy atom. The fourth-order valence-corrected chi connectivity index (χ4v) is 3.99. The Balaban J connectivity index is 1.68. The van der Waals surface area contributed by atoms with Gasteiger partial charge in [0.1, 0.15) is 12.4 Å². The SMILES string of the molecule is O=C(CNS(=O)(=O)c1ccc(F)cc1)O[C@H](C(=O)N1CCCC1)c1ccccc1. The first-order chi connectivity index (χ1) is 13.9. The fourth-order valence-electron chi connectivity index (χ4n) is 3.02. The monoisotopic (exact) mass is 420 g/mol. The molecule has 0 unspecified atom stereocenters. The molecule has 2 aromatic carbocycles. The summed E-state index contributed by atoms with van der Waals surface area (Å²) >= 11 is 0. The molecule has 0 spiro atoms. The quantitative estimate of drug-likeness (QED) is 0.692.